The number of rotatable bonds is 3. The zero-order chi connectivity index (χ0) is 13.8. The van der Waals surface area contributed by atoms with E-state index in [0.717, 1.165) is 5.56 Å². The second kappa shape index (κ2) is 5.84. The van der Waals surface area contributed by atoms with Gasteiger partial charge >= 0.3 is 0 Å². The first-order valence-corrected chi connectivity index (χ1v) is 6.64. The van der Waals surface area contributed by atoms with Crippen molar-refractivity contribution in [2.24, 2.45) is 0 Å². The maximum absolute atomic E-state index is 12.1. The Morgan fingerprint density at radius 3 is 2.74 bits per heavy atom. The van der Waals surface area contributed by atoms with Gasteiger partial charge in [-0.2, -0.15) is 0 Å². The average Bonchev–Trinajstić information content (AvgIpc) is 2.39. The molecular formula is C14H14BrN3O. The van der Waals surface area contributed by atoms with Crippen molar-refractivity contribution >= 4 is 27.5 Å². The average molecular weight is 320 g/mol. The van der Waals surface area contributed by atoms with Crippen LogP contribution in [0.5, 0.6) is 0 Å². The Morgan fingerprint density at radius 2 is 2.05 bits per heavy atom. The fourth-order valence-electron chi connectivity index (χ4n) is 1.80. The van der Waals surface area contributed by atoms with E-state index in [4.69, 9.17) is 5.73 Å². The molecule has 0 saturated heterocycles. The molecule has 98 valence electrons. The van der Waals surface area contributed by atoms with Gasteiger partial charge in [0.15, 0.2) is 0 Å². The molecule has 2 rings (SSSR count). The Morgan fingerprint density at radius 1 is 1.32 bits per heavy atom. The number of hydrogen-bond donors (Lipinski definition) is 2. The molecule has 0 aliphatic heterocycles. The number of halogens is 1. The van der Waals surface area contributed by atoms with Crippen LogP contribution in [-0.2, 0) is 0 Å². The molecule has 0 fully saturated rings. The zero-order valence-corrected chi connectivity index (χ0v) is 12.0. The Bertz CT molecular complexity index is 601. The number of amides is 1. The summed E-state index contributed by atoms with van der Waals surface area (Å²) in [6, 6.07) is 10.8. The van der Waals surface area contributed by atoms with Crippen LogP contribution in [0.25, 0.3) is 0 Å². The number of anilines is 1. The largest absolute Gasteiger partial charge is 0.398 e. The van der Waals surface area contributed by atoms with E-state index in [-0.39, 0.29) is 11.9 Å². The van der Waals surface area contributed by atoms with E-state index in [1.807, 2.05) is 31.2 Å². The molecule has 4 nitrogen and oxygen atoms in total. The predicted octanol–water partition coefficient (Wildman–Crippen LogP) is 2.92. The lowest BCUT2D eigenvalue weighted by molar-refractivity contribution is 0.0934. The molecular weight excluding hydrogens is 306 g/mol. The van der Waals surface area contributed by atoms with E-state index >= 15 is 0 Å². The molecule has 1 heterocycles. The number of para-hydroxylation sites is 1. The Balaban J connectivity index is 2.16. The van der Waals surface area contributed by atoms with Crippen molar-refractivity contribution in [2.75, 3.05) is 5.73 Å². The maximum atomic E-state index is 12.1. The number of carbonyl (C=O) groups excluding carboxylic acids is 1. The third kappa shape index (κ3) is 3.12. The predicted molar refractivity (Wildman–Crippen MR) is 78.7 cm³/mol. The summed E-state index contributed by atoms with van der Waals surface area (Å²) in [5.41, 5.74) is 7.81. The monoisotopic (exact) mass is 319 g/mol. The first kappa shape index (κ1) is 13.5. The summed E-state index contributed by atoms with van der Waals surface area (Å²) in [5, 5.41) is 2.88. The third-order valence-electron chi connectivity index (χ3n) is 2.78. The molecule has 1 aromatic carbocycles. The van der Waals surface area contributed by atoms with Gasteiger partial charge in [-0.05, 0) is 46.6 Å². The van der Waals surface area contributed by atoms with Gasteiger partial charge in [0.2, 0.25) is 0 Å². The van der Waals surface area contributed by atoms with Crippen LogP contribution in [0.2, 0.25) is 0 Å². The minimum atomic E-state index is -0.233. The van der Waals surface area contributed by atoms with Gasteiger partial charge in [0, 0.05) is 16.4 Å². The standard InChI is InChI=1S/C14H14BrN3O/c1-9(10-5-2-3-7-12(10)16)18-14(19)13-11(15)6-4-8-17-13/h2-9H,16H2,1H3,(H,18,19). The van der Waals surface area contributed by atoms with Gasteiger partial charge in [-0.25, -0.2) is 4.98 Å². The molecule has 19 heavy (non-hydrogen) atoms. The number of aromatic nitrogens is 1. The van der Waals surface area contributed by atoms with E-state index in [9.17, 15) is 4.79 Å². The molecule has 3 N–H and O–H groups in total. The van der Waals surface area contributed by atoms with Gasteiger partial charge in [-0.1, -0.05) is 18.2 Å². The summed E-state index contributed by atoms with van der Waals surface area (Å²) in [7, 11) is 0. The number of hydrogen-bond acceptors (Lipinski definition) is 3. The third-order valence-corrected chi connectivity index (χ3v) is 3.42. The highest BCUT2D eigenvalue weighted by Gasteiger charge is 2.16. The molecule has 1 unspecified atom stereocenters. The van der Waals surface area contributed by atoms with Crippen molar-refractivity contribution in [3.63, 3.8) is 0 Å². The first-order chi connectivity index (χ1) is 9.09. The van der Waals surface area contributed by atoms with E-state index in [2.05, 4.69) is 26.2 Å². The lowest BCUT2D eigenvalue weighted by atomic mass is 10.1. The number of nitrogen functional groups attached to an aromatic ring is 1. The summed E-state index contributed by atoms with van der Waals surface area (Å²) in [6.45, 7) is 1.89. The van der Waals surface area contributed by atoms with Crippen molar-refractivity contribution in [2.45, 2.75) is 13.0 Å². The smallest absolute Gasteiger partial charge is 0.271 e. The molecule has 0 saturated carbocycles. The van der Waals surface area contributed by atoms with Gasteiger partial charge in [0.05, 0.1) is 6.04 Å². The van der Waals surface area contributed by atoms with Crippen LogP contribution in [0.15, 0.2) is 47.1 Å². The minimum Gasteiger partial charge on any atom is -0.398 e. The van der Waals surface area contributed by atoms with E-state index in [0.29, 0.717) is 15.9 Å². The van der Waals surface area contributed by atoms with Crippen molar-refractivity contribution in [1.29, 1.82) is 0 Å². The van der Waals surface area contributed by atoms with Gasteiger partial charge in [0.25, 0.3) is 5.91 Å². The van der Waals surface area contributed by atoms with Crippen LogP contribution >= 0.6 is 15.9 Å². The lowest BCUT2D eigenvalue weighted by Crippen LogP contribution is -2.28. The van der Waals surface area contributed by atoms with Crippen LogP contribution in [-0.4, -0.2) is 10.9 Å². The van der Waals surface area contributed by atoms with Crippen molar-refractivity contribution in [3.05, 3.63) is 58.3 Å². The second-order valence-electron chi connectivity index (χ2n) is 4.16. The number of carbonyl (C=O) groups is 1. The second-order valence-corrected chi connectivity index (χ2v) is 5.01. The molecule has 0 spiro atoms. The van der Waals surface area contributed by atoms with Crippen molar-refractivity contribution < 1.29 is 4.79 Å². The van der Waals surface area contributed by atoms with Gasteiger partial charge in [-0.15, -0.1) is 0 Å². The number of nitrogens with zero attached hydrogens (tertiary/aromatic N) is 1. The highest BCUT2D eigenvalue weighted by atomic mass is 79.9. The molecule has 0 aliphatic carbocycles. The van der Waals surface area contributed by atoms with Gasteiger partial charge < -0.3 is 11.1 Å². The van der Waals surface area contributed by atoms with Crippen LogP contribution in [0, 0.1) is 0 Å². The fraction of sp³-hybridized carbons (Fsp3) is 0.143. The van der Waals surface area contributed by atoms with E-state index in [1.165, 1.54) is 0 Å². The summed E-state index contributed by atoms with van der Waals surface area (Å²) in [5.74, 6) is -0.233. The Kier molecular flexibility index (Phi) is 4.16. The lowest BCUT2D eigenvalue weighted by Gasteiger charge is -2.16. The highest BCUT2D eigenvalue weighted by molar-refractivity contribution is 9.10. The highest BCUT2D eigenvalue weighted by Crippen LogP contribution is 2.20. The summed E-state index contributed by atoms with van der Waals surface area (Å²) >= 11 is 3.31. The van der Waals surface area contributed by atoms with Gasteiger partial charge in [0.1, 0.15) is 5.69 Å². The molecule has 2 aromatic rings. The summed E-state index contributed by atoms with van der Waals surface area (Å²) in [4.78, 5) is 16.2. The molecule has 0 radical (unpaired) electrons. The SMILES string of the molecule is CC(NC(=O)c1ncccc1Br)c1ccccc1N. The maximum Gasteiger partial charge on any atom is 0.271 e. The van der Waals surface area contributed by atoms with E-state index < -0.39 is 0 Å². The van der Waals surface area contributed by atoms with Gasteiger partial charge in [-0.3, -0.25) is 4.79 Å². The molecule has 1 atom stereocenters. The number of pyridine rings is 1. The van der Waals surface area contributed by atoms with E-state index in [1.54, 1.807) is 18.3 Å². The van der Waals surface area contributed by atoms with Crippen molar-refractivity contribution in [1.82, 2.24) is 10.3 Å². The molecule has 1 amide bonds. The fourth-order valence-corrected chi connectivity index (χ4v) is 2.24. The van der Waals surface area contributed by atoms with Crippen LogP contribution in [0.3, 0.4) is 0 Å². The van der Waals surface area contributed by atoms with Crippen molar-refractivity contribution in [3.8, 4) is 0 Å². The molecule has 0 bridgehead atoms. The molecule has 5 heteroatoms. The summed E-state index contributed by atoms with van der Waals surface area (Å²) < 4.78 is 0.667. The number of benzene rings is 1. The quantitative estimate of drug-likeness (QED) is 0.855. The molecule has 1 aromatic heterocycles. The van der Waals surface area contributed by atoms with Crippen LogP contribution in [0.4, 0.5) is 5.69 Å². The zero-order valence-electron chi connectivity index (χ0n) is 10.4. The number of nitrogens with one attached hydrogen (secondary N) is 1. The topological polar surface area (TPSA) is 68.0 Å². The Hall–Kier alpha value is -1.88. The molecule has 0 aliphatic rings. The van der Waals surface area contributed by atoms with Crippen LogP contribution in [0.1, 0.15) is 29.0 Å². The van der Waals surface area contributed by atoms with Crippen LogP contribution < -0.4 is 11.1 Å². The Labute approximate surface area is 120 Å². The normalized spacial score (nSPS) is 11.9. The number of nitrogens with two attached hydrogens (primary N) is 1. The first-order valence-electron chi connectivity index (χ1n) is 5.85. The minimum absolute atomic E-state index is 0.178. The summed E-state index contributed by atoms with van der Waals surface area (Å²) in [6.07, 6.45) is 1.58.